The Morgan fingerprint density at radius 3 is 2.41 bits per heavy atom. The summed E-state index contributed by atoms with van der Waals surface area (Å²) in [5.41, 5.74) is 3.27. The van der Waals surface area contributed by atoms with Crippen molar-refractivity contribution in [2.24, 2.45) is 0 Å². The minimum absolute atomic E-state index is 0.178. The highest BCUT2D eigenvalue weighted by Gasteiger charge is 2.31. The SMILES string of the molecule is CCN1CCc2c(sc(NC(=O)c3ccc(S(=O)(=O)N4CCCC4)cc3)c2C(=O)n2nc(C)cc2C)C1. The van der Waals surface area contributed by atoms with Gasteiger partial charge in [0.25, 0.3) is 11.8 Å². The van der Waals surface area contributed by atoms with Gasteiger partial charge in [0.1, 0.15) is 5.00 Å². The fourth-order valence-corrected chi connectivity index (χ4v) is 7.81. The molecular formula is C26H31N5O4S2. The van der Waals surface area contributed by atoms with Gasteiger partial charge in [-0.1, -0.05) is 6.92 Å². The van der Waals surface area contributed by atoms with Gasteiger partial charge in [0, 0.05) is 42.3 Å². The summed E-state index contributed by atoms with van der Waals surface area (Å²) in [7, 11) is -3.56. The van der Waals surface area contributed by atoms with Crippen LogP contribution < -0.4 is 5.32 Å². The molecule has 4 heterocycles. The second-order valence-corrected chi connectivity index (χ2v) is 12.6. The second kappa shape index (κ2) is 10.1. The zero-order valence-electron chi connectivity index (χ0n) is 21.3. The Morgan fingerprint density at radius 2 is 1.78 bits per heavy atom. The molecule has 2 aliphatic heterocycles. The van der Waals surface area contributed by atoms with E-state index in [4.69, 9.17) is 0 Å². The Balaban J connectivity index is 1.44. The zero-order valence-corrected chi connectivity index (χ0v) is 22.9. The van der Waals surface area contributed by atoms with E-state index < -0.39 is 15.9 Å². The summed E-state index contributed by atoms with van der Waals surface area (Å²) in [6.45, 7) is 9.32. The fraction of sp³-hybridized carbons (Fsp3) is 0.423. The van der Waals surface area contributed by atoms with Crippen molar-refractivity contribution in [3.63, 3.8) is 0 Å². The van der Waals surface area contributed by atoms with Crippen LogP contribution in [0.1, 0.15) is 62.3 Å². The number of aromatic nitrogens is 2. The van der Waals surface area contributed by atoms with Crippen molar-refractivity contribution >= 4 is 38.2 Å². The summed E-state index contributed by atoms with van der Waals surface area (Å²) in [6, 6.07) is 7.85. The largest absolute Gasteiger partial charge is 0.313 e. The van der Waals surface area contributed by atoms with Crippen LogP contribution in [0.15, 0.2) is 35.2 Å². The summed E-state index contributed by atoms with van der Waals surface area (Å²) in [6.07, 6.45) is 2.44. The third-order valence-electron chi connectivity index (χ3n) is 7.05. The van der Waals surface area contributed by atoms with Crippen molar-refractivity contribution in [1.29, 1.82) is 0 Å². The Morgan fingerprint density at radius 1 is 1.08 bits per heavy atom. The molecular weight excluding hydrogens is 510 g/mol. The molecule has 0 saturated carbocycles. The lowest BCUT2D eigenvalue weighted by Crippen LogP contribution is -2.30. The van der Waals surface area contributed by atoms with Gasteiger partial charge in [0.2, 0.25) is 10.0 Å². The van der Waals surface area contributed by atoms with Crippen molar-refractivity contribution in [1.82, 2.24) is 19.0 Å². The van der Waals surface area contributed by atoms with Crippen LogP contribution in [0.4, 0.5) is 5.00 Å². The maximum Gasteiger partial charge on any atom is 0.281 e. The van der Waals surface area contributed by atoms with Crippen LogP contribution in [0.25, 0.3) is 0 Å². The van der Waals surface area contributed by atoms with E-state index >= 15 is 0 Å². The third-order valence-corrected chi connectivity index (χ3v) is 10.1. The number of benzene rings is 1. The van der Waals surface area contributed by atoms with E-state index in [9.17, 15) is 18.0 Å². The molecule has 3 aromatic rings. The Kier molecular flexibility index (Phi) is 7.06. The average Bonchev–Trinajstić information content (AvgIpc) is 3.62. The predicted molar refractivity (Wildman–Crippen MR) is 143 cm³/mol. The highest BCUT2D eigenvalue weighted by molar-refractivity contribution is 7.89. The number of hydrogen-bond donors (Lipinski definition) is 1. The van der Waals surface area contributed by atoms with Crippen LogP contribution >= 0.6 is 11.3 Å². The van der Waals surface area contributed by atoms with Crippen LogP contribution in [-0.4, -0.2) is 65.4 Å². The molecule has 1 amide bonds. The molecule has 2 aliphatic rings. The minimum atomic E-state index is -3.56. The number of carbonyl (C=O) groups excluding carboxylic acids is 2. The van der Waals surface area contributed by atoms with Crippen LogP contribution in [0.5, 0.6) is 0 Å². The fourth-order valence-electron chi connectivity index (χ4n) is 5.01. The molecule has 5 rings (SSSR count). The summed E-state index contributed by atoms with van der Waals surface area (Å²) in [5.74, 6) is -0.645. The molecule has 0 unspecified atom stereocenters. The molecule has 196 valence electrons. The Bertz CT molecular complexity index is 1450. The number of fused-ring (bicyclic) bond motifs is 1. The van der Waals surface area contributed by atoms with Crippen molar-refractivity contribution in [2.45, 2.75) is 51.5 Å². The van der Waals surface area contributed by atoms with Crippen LogP contribution in [0.3, 0.4) is 0 Å². The molecule has 1 N–H and O–H groups in total. The van der Waals surface area contributed by atoms with Crippen molar-refractivity contribution in [2.75, 3.05) is 31.5 Å². The number of likely N-dealkylation sites (N-methyl/N-ethyl adjacent to an activating group) is 1. The first-order chi connectivity index (χ1) is 17.7. The summed E-state index contributed by atoms with van der Waals surface area (Å²) >= 11 is 1.43. The summed E-state index contributed by atoms with van der Waals surface area (Å²) in [4.78, 5) is 30.4. The minimum Gasteiger partial charge on any atom is -0.313 e. The highest BCUT2D eigenvalue weighted by atomic mass is 32.2. The van der Waals surface area contributed by atoms with E-state index in [1.807, 2.05) is 19.9 Å². The number of sulfonamides is 1. The van der Waals surface area contributed by atoms with E-state index in [2.05, 4.69) is 22.2 Å². The molecule has 0 aliphatic carbocycles. The van der Waals surface area contributed by atoms with Crippen molar-refractivity contribution in [3.8, 4) is 0 Å². The van der Waals surface area contributed by atoms with Gasteiger partial charge in [-0.2, -0.15) is 9.40 Å². The van der Waals surface area contributed by atoms with Gasteiger partial charge in [-0.05, 0) is 75.5 Å². The normalized spacial score (nSPS) is 16.6. The average molecular weight is 542 g/mol. The number of carbonyl (C=O) groups is 2. The quantitative estimate of drug-likeness (QED) is 0.511. The van der Waals surface area contributed by atoms with Gasteiger partial charge in [-0.3, -0.25) is 14.5 Å². The van der Waals surface area contributed by atoms with Gasteiger partial charge in [0.05, 0.1) is 16.2 Å². The Hall–Kier alpha value is -2.86. The Labute approximate surface area is 221 Å². The summed E-state index contributed by atoms with van der Waals surface area (Å²) in [5, 5.41) is 7.82. The maximum atomic E-state index is 13.7. The van der Waals surface area contributed by atoms with E-state index in [0.29, 0.717) is 29.2 Å². The molecule has 0 radical (unpaired) electrons. The highest BCUT2D eigenvalue weighted by Crippen LogP contribution is 2.38. The number of aryl methyl sites for hydroxylation is 2. The molecule has 1 fully saturated rings. The first-order valence-electron chi connectivity index (χ1n) is 12.6. The molecule has 0 bridgehead atoms. The lowest BCUT2D eigenvalue weighted by atomic mass is 10.0. The number of rotatable bonds is 6. The zero-order chi connectivity index (χ0) is 26.3. The monoisotopic (exact) mass is 541 g/mol. The predicted octanol–water partition coefficient (Wildman–Crippen LogP) is 3.66. The topological polar surface area (TPSA) is 105 Å². The van der Waals surface area contributed by atoms with Crippen molar-refractivity contribution in [3.05, 3.63) is 63.3 Å². The lowest BCUT2D eigenvalue weighted by molar-refractivity contribution is 0.0942. The van der Waals surface area contributed by atoms with E-state index in [-0.39, 0.29) is 10.8 Å². The van der Waals surface area contributed by atoms with Gasteiger partial charge in [-0.25, -0.2) is 13.1 Å². The summed E-state index contributed by atoms with van der Waals surface area (Å²) < 4.78 is 28.5. The lowest BCUT2D eigenvalue weighted by Gasteiger charge is -2.25. The van der Waals surface area contributed by atoms with Crippen LogP contribution in [-0.2, 0) is 23.0 Å². The van der Waals surface area contributed by atoms with Crippen LogP contribution in [0.2, 0.25) is 0 Å². The molecule has 11 heteroatoms. The molecule has 9 nitrogen and oxygen atoms in total. The number of amides is 1. The smallest absolute Gasteiger partial charge is 0.281 e. The third kappa shape index (κ3) is 4.88. The molecule has 37 heavy (non-hydrogen) atoms. The maximum absolute atomic E-state index is 13.7. The van der Waals surface area contributed by atoms with Gasteiger partial charge >= 0.3 is 0 Å². The number of nitrogens with one attached hydrogen (secondary N) is 1. The number of hydrogen-bond acceptors (Lipinski definition) is 7. The molecule has 1 saturated heterocycles. The standard InChI is InChI=1S/C26H31N5O4S2/c1-4-29-14-11-21-22(16-29)36-25(23(21)26(33)31-18(3)15-17(2)28-31)27-24(32)19-7-9-20(10-8-19)37(34,35)30-12-5-6-13-30/h7-10,15H,4-6,11-14,16H2,1-3H3,(H,27,32). The molecule has 0 atom stereocenters. The van der Waals surface area contributed by atoms with E-state index in [1.165, 1.54) is 44.6 Å². The number of thiophene rings is 1. The first-order valence-corrected chi connectivity index (χ1v) is 14.8. The number of nitrogens with zero attached hydrogens (tertiary/aromatic N) is 4. The first kappa shape index (κ1) is 25.8. The van der Waals surface area contributed by atoms with Crippen molar-refractivity contribution < 1.29 is 18.0 Å². The second-order valence-electron chi connectivity index (χ2n) is 9.56. The van der Waals surface area contributed by atoms with E-state index in [1.54, 1.807) is 0 Å². The van der Waals surface area contributed by atoms with E-state index in [0.717, 1.165) is 60.7 Å². The van der Waals surface area contributed by atoms with Gasteiger partial charge in [-0.15, -0.1) is 11.3 Å². The number of anilines is 1. The molecule has 0 spiro atoms. The van der Waals surface area contributed by atoms with Crippen LogP contribution in [0, 0.1) is 13.8 Å². The molecule has 2 aromatic heterocycles. The molecule has 1 aromatic carbocycles. The van der Waals surface area contributed by atoms with Gasteiger partial charge in [0.15, 0.2) is 0 Å². The van der Waals surface area contributed by atoms with Gasteiger partial charge < -0.3 is 5.32 Å².